The summed E-state index contributed by atoms with van der Waals surface area (Å²) >= 11 is 3.10. The highest BCUT2D eigenvalue weighted by molar-refractivity contribution is 8.01. The van der Waals surface area contributed by atoms with Gasteiger partial charge in [0.1, 0.15) is 5.82 Å². The Labute approximate surface area is 107 Å². The molecule has 2 nitrogen and oxygen atoms in total. The highest BCUT2D eigenvalue weighted by Crippen LogP contribution is 2.23. The summed E-state index contributed by atoms with van der Waals surface area (Å²) in [7, 11) is 0. The molecule has 0 saturated carbocycles. The van der Waals surface area contributed by atoms with Crippen LogP contribution in [0.25, 0.3) is 0 Å². The van der Waals surface area contributed by atoms with Crippen molar-refractivity contribution in [1.29, 1.82) is 0 Å². The molecular weight excluding hydrogens is 257 g/mol. The number of hydrogen-bond acceptors (Lipinski definition) is 3. The Morgan fingerprint density at radius 2 is 2.06 bits per heavy atom. The van der Waals surface area contributed by atoms with Crippen LogP contribution in [-0.4, -0.2) is 11.7 Å². The van der Waals surface area contributed by atoms with Crippen LogP contribution in [0.3, 0.4) is 0 Å². The number of halogens is 1. The molecule has 1 aromatic carbocycles. The van der Waals surface area contributed by atoms with E-state index < -0.39 is 0 Å². The maximum absolute atomic E-state index is 12.6. The SMILES string of the molecule is O=C(CSc1cccs1)Nc1ccc(F)cc1. The van der Waals surface area contributed by atoms with E-state index in [9.17, 15) is 9.18 Å². The summed E-state index contributed by atoms with van der Waals surface area (Å²) in [6.07, 6.45) is 0. The Morgan fingerprint density at radius 3 is 2.71 bits per heavy atom. The van der Waals surface area contributed by atoms with Crippen LogP contribution in [0.15, 0.2) is 46.0 Å². The second kappa shape index (κ2) is 5.84. The van der Waals surface area contributed by atoms with E-state index in [0.29, 0.717) is 11.4 Å². The van der Waals surface area contributed by atoms with Crippen molar-refractivity contribution >= 4 is 34.7 Å². The third-order valence-electron chi connectivity index (χ3n) is 1.97. The van der Waals surface area contributed by atoms with Gasteiger partial charge in [0.2, 0.25) is 5.91 Å². The molecule has 1 heterocycles. The minimum absolute atomic E-state index is 0.0880. The summed E-state index contributed by atoms with van der Waals surface area (Å²) < 4.78 is 13.8. The fourth-order valence-corrected chi connectivity index (χ4v) is 2.80. The van der Waals surface area contributed by atoms with Gasteiger partial charge in [0, 0.05) is 5.69 Å². The molecule has 2 aromatic rings. The zero-order valence-corrected chi connectivity index (χ0v) is 10.5. The van der Waals surface area contributed by atoms with Crippen molar-refractivity contribution in [3.8, 4) is 0 Å². The Kier molecular flexibility index (Phi) is 4.17. The summed E-state index contributed by atoms with van der Waals surface area (Å²) in [4.78, 5) is 11.6. The van der Waals surface area contributed by atoms with Gasteiger partial charge in [-0.15, -0.1) is 23.1 Å². The van der Waals surface area contributed by atoms with Crippen molar-refractivity contribution in [3.05, 3.63) is 47.6 Å². The number of carbonyl (C=O) groups is 1. The molecule has 88 valence electrons. The molecule has 0 atom stereocenters. The average Bonchev–Trinajstić information content (AvgIpc) is 2.83. The molecule has 0 saturated heterocycles. The highest BCUT2D eigenvalue weighted by Gasteiger charge is 2.04. The molecule has 1 aromatic heterocycles. The molecule has 0 fully saturated rings. The Morgan fingerprint density at radius 1 is 1.29 bits per heavy atom. The predicted octanol–water partition coefficient (Wildman–Crippen LogP) is 3.62. The van der Waals surface area contributed by atoms with Gasteiger partial charge in [-0.05, 0) is 35.7 Å². The van der Waals surface area contributed by atoms with Crippen LogP contribution < -0.4 is 5.32 Å². The van der Waals surface area contributed by atoms with E-state index in [1.165, 1.54) is 23.9 Å². The van der Waals surface area contributed by atoms with E-state index in [1.807, 2.05) is 17.5 Å². The second-order valence-electron chi connectivity index (χ2n) is 3.28. The molecular formula is C12H10FNOS2. The van der Waals surface area contributed by atoms with Crippen LogP contribution in [0.5, 0.6) is 0 Å². The molecule has 0 unspecified atom stereocenters. The molecule has 2 rings (SSSR count). The van der Waals surface area contributed by atoms with E-state index in [4.69, 9.17) is 0 Å². The Balaban J connectivity index is 1.83. The maximum atomic E-state index is 12.6. The second-order valence-corrected chi connectivity index (χ2v) is 5.50. The quantitative estimate of drug-likeness (QED) is 0.857. The zero-order chi connectivity index (χ0) is 12.1. The lowest BCUT2D eigenvalue weighted by Crippen LogP contribution is -2.13. The summed E-state index contributed by atoms with van der Waals surface area (Å²) in [5.74, 6) is -0.0382. The van der Waals surface area contributed by atoms with Gasteiger partial charge < -0.3 is 5.32 Å². The molecule has 0 radical (unpaired) electrons. The smallest absolute Gasteiger partial charge is 0.234 e. The normalized spacial score (nSPS) is 10.2. The molecule has 5 heteroatoms. The van der Waals surface area contributed by atoms with Gasteiger partial charge >= 0.3 is 0 Å². The summed E-state index contributed by atoms with van der Waals surface area (Å²) in [5, 5.41) is 4.68. The van der Waals surface area contributed by atoms with Crippen molar-refractivity contribution in [1.82, 2.24) is 0 Å². The fourth-order valence-electron chi connectivity index (χ4n) is 1.21. The van der Waals surface area contributed by atoms with Crippen molar-refractivity contribution in [2.75, 3.05) is 11.1 Å². The van der Waals surface area contributed by atoms with E-state index >= 15 is 0 Å². The van der Waals surface area contributed by atoms with Crippen molar-refractivity contribution < 1.29 is 9.18 Å². The van der Waals surface area contributed by atoms with Crippen molar-refractivity contribution in [3.63, 3.8) is 0 Å². The fraction of sp³-hybridized carbons (Fsp3) is 0.0833. The van der Waals surface area contributed by atoms with E-state index in [-0.39, 0.29) is 11.7 Å². The molecule has 0 aliphatic carbocycles. The summed E-state index contributed by atoms with van der Waals surface area (Å²) in [5.41, 5.74) is 0.614. The van der Waals surface area contributed by atoms with Crippen LogP contribution in [-0.2, 0) is 4.79 Å². The van der Waals surface area contributed by atoms with E-state index in [0.717, 1.165) is 4.21 Å². The Bertz CT molecular complexity index is 482. The molecule has 1 amide bonds. The number of carbonyl (C=O) groups excluding carboxylic acids is 1. The van der Waals surface area contributed by atoms with Crippen LogP contribution >= 0.6 is 23.1 Å². The average molecular weight is 267 g/mol. The van der Waals surface area contributed by atoms with Crippen molar-refractivity contribution in [2.45, 2.75) is 4.21 Å². The molecule has 0 bridgehead atoms. The van der Waals surface area contributed by atoms with Crippen LogP contribution in [0.2, 0.25) is 0 Å². The topological polar surface area (TPSA) is 29.1 Å². The number of thioether (sulfide) groups is 1. The molecule has 0 aliphatic rings. The standard InChI is InChI=1S/C12H10FNOS2/c13-9-3-5-10(6-4-9)14-11(15)8-17-12-2-1-7-16-12/h1-7H,8H2,(H,14,15). The minimum atomic E-state index is -0.309. The molecule has 0 aliphatic heterocycles. The highest BCUT2D eigenvalue weighted by atomic mass is 32.2. The van der Waals surface area contributed by atoms with E-state index in [2.05, 4.69) is 5.32 Å². The minimum Gasteiger partial charge on any atom is -0.325 e. The maximum Gasteiger partial charge on any atom is 0.234 e. The van der Waals surface area contributed by atoms with Crippen LogP contribution in [0.4, 0.5) is 10.1 Å². The molecule has 17 heavy (non-hydrogen) atoms. The number of benzene rings is 1. The predicted molar refractivity (Wildman–Crippen MR) is 70.1 cm³/mol. The van der Waals surface area contributed by atoms with Crippen LogP contribution in [0, 0.1) is 5.82 Å². The third-order valence-corrected chi connectivity index (χ3v) is 4.10. The summed E-state index contributed by atoms with van der Waals surface area (Å²) in [6, 6.07) is 9.65. The largest absolute Gasteiger partial charge is 0.325 e. The van der Waals surface area contributed by atoms with Gasteiger partial charge in [-0.25, -0.2) is 4.39 Å². The van der Waals surface area contributed by atoms with Crippen molar-refractivity contribution in [2.24, 2.45) is 0 Å². The van der Waals surface area contributed by atoms with Gasteiger partial charge in [-0.2, -0.15) is 0 Å². The first-order valence-corrected chi connectivity index (χ1v) is 6.82. The first-order valence-electron chi connectivity index (χ1n) is 4.96. The van der Waals surface area contributed by atoms with Gasteiger partial charge in [0.25, 0.3) is 0 Å². The zero-order valence-electron chi connectivity index (χ0n) is 8.85. The summed E-state index contributed by atoms with van der Waals surface area (Å²) in [6.45, 7) is 0. The molecule has 1 N–H and O–H groups in total. The number of hydrogen-bond donors (Lipinski definition) is 1. The first kappa shape index (κ1) is 12.1. The third kappa shape index (κ3) is 3.87. The Hall–Kier alpha value is -1.33. The number of nitrogens with one attached hydrogen (secondary N) is 1. The number of anilines is 1. The van der Waals surface area contributed by atoms with Gasteiger partial charge in [0.05, 0.1) is 9.96 Å². The lowest BCUT2D eigenvalue weighted by atomic mass is 10.3. The van der Waals surface area contributed by atoms with Gasteiger partial charge in [-0.3, -0.25) is 4.79 Å². The van der Waals surface area contributed by atoms with Gasteiger partial charge in [-0.1, -0.05) is 6.07 Å². The first-order chi connectivity index (χ1) is 8.24. The van der Waals surface area contributed by atoms with E-state index in [1.54, 1.807) is 23.5 Å². The molecule has 0 spiro atoms. The number of rotatable bonds is 4. The lowest BCUT2D eigenvalue weighted by Gasteiger charge is -2.03. The monoisotopic (exact) mass is 267 g/mol. The van der Waals surface area contributed by atoms with Crippen LogP contribution in [0.1, 0.15) is 0 Å². The van der Waals surface area contributed by atoms with Gasteiger partial charge in [0.15, 0.2) is 0 Å². The number of amides is 1. The lowest BCUT2D eigenvalue weighted by molar-refractivity contribution is -0.113. The number of thiophene rings is 1.